The van der Waals surface area contributed by atoms with E-state index in [1.54, 1.807) is 0 Å². The molecule has 0 fully saturated rings. The van der Waals surface area contributed by atoms with Gasteiger partial charge >= 0.3 is 5.97 Å². The predicted octanol–water partition coefficient (Wildman–Crippen LogP) is 2.83. The standard InChI is InChI=1S/C12H17ClN2O3/c1-3-5-14-10-8(12(17)18-6-4-2)7-9(13)11(16)15-10/h7H,3-6H2,1-2H3,(H2,14,15,16). The van der Waals surface area contributed by atoms with E-state index in [4.69, 9.17) is 16.3 Å². The number of rotatable bonds is 6. The van der Waals surface area contributed by atoms with Gasteiger partial charge < -0.3 is 15.2 Å². The van der Waals surface area contributed by atoms with Crippen molar-refractivity contribution in [2.75, 3.05) is 18.5 Å². The number of aromatic hydroxyl groups is 1. The van der Waals surface area contributed by atoms with Gasteiger partial charge in [-0.05, 0) is 18.9 Å². The van der Waals surface area contributed by atoms with Crippen LogP contribution in [0.15, 0.2) is 6.07 Å². The Hall–Kier alpha value is -1.49. The molecule has 0 radical (unpaired) electrons. The number of nitrogens with zero attached hydrogens (tertiary/aromatic N) is 1. The molecule has 0 aliphatic rings. The molecule has 0 unspecified atom stereocenters. The first-order chi connectivity index (χ1) is 8.60. The van der Waals surface area contributed by atoms with Crippen molar-refractivity contribution in [3.05, 3.63) is 16.7 Å². The van der Waals surface area contributed by atoms with Crippen LogP contribution in [0.4, 0.5) is 5.82 Å². The van der Waals surface area contributed by atoms with Crippen molar-refractivity contribution in [1.82, 2.24) is 4.98 Å². The molecule has 0 atom stereocenters. The Morgan fingerprint density at radius 2 is 2.22 bits per heavy atom. The van der Waals surface area contributed by atoms with Gasteiger partial charge in [0, 0.05) is 6.54 Å². The number of ether oxygens (including phenoxy) is 1. The van der Waals surface area contributed by atoms with Crippen molar-refractivity contribution in [3.63, 3.8) is 0 Å². The first kappa shape index (κ1) is 14.6. The van der Waals surface area contributed by atoms with E-state index in [1.165, 1.54) is 6.07 Å². The predicted molar refractivity (Wildman–Crippen MR) is 70.3 cm³/mol. The second kappa shape index (κ2) is 7.06. The van der Waals surface area contributed by atoms with Crippen molar-refractivity contribution in [3.8, 4) is 5.88 Å². The molecular formula is C12H17ClN2O3. The molecule has 100 valence electrons. The highest BCUT2D eigenvalue weighted by molar-refractivity contribution is 6.32. The summed E-state index contributed by atoms with van der Waals surface area (Å²) >= 11 is 5.75. The molecule has 1 heterocycles. The summed E-state index contributed by atoms with van der Waals surface area (Å²) in [5.41, 5.74) is 0.236. The Morgan fingerprint density at radius 3 is 2.83 bits per heavy atom. The topological polar surface area (TPSA) is 71.5 Å². The Bertz CT molecular complexity index is 424. The van der Waals surface area contributed by atoms with Crippen LogP contribution >= 0.6 is 11.6 Å². The molecule has 0 spiro atoms. The lowest BCUT2D eigenvalue weighted by Gasteiger charge is -2.11. The second-order valence-electron chi connectivity index (χ2n) is 3.75. The average molecular weight is 273 g/mol. The fourth-order valence-corrected chi connectivity index (χ4v) is 1.44. The monoisotopic (exact) mass is 272 g/mol. The van der Waals surface area contributed by atoms with Gasteiger partial charge in [0.15, 0.2) is 0 Å². The van der Waals surface area contributed by atoms with Crippen LogP contribution in [0.3, 0.4) is 0 Å². The lowest BCUT2D eigenvalue weighted by Crippen LogP contribution is -2.12. The van der Waals surface area contributed by atoms with Crippen molar-refractivity contribution in [2.45, 2.75) is 26.7 Å². The van der Waals surface area contributed by atoms with Gasteiger partial charge in [-0.1, -0.05) is 25.4 Å². The molecule has 2 N–H and O–H groups in total. The molecule has 6 heteroatoms. The van der Waals surface area contributed by atoms with Crippen LogP contribution in [-0.2, 0) is 4.74 Å². The molecule has 0 saturated carbocycles. The zero-order valence-corrected chi connectivity index (χ0v) is 11.3. The van der Waals surface area contributed by atoms with Gasteiger partial charge in [-0.3, -0.25) is 0 Å². The van der Waals surface area contributed by atoms with Crippen LogP contribution in [-0.4, -0.2) is 29.2 Å². The largest absolute Gasteiger partial charge is 0.492 e. The summed E-state index contributed by atoms with van der Waals surface area (Å²) in [4.78, 5) is 15.7. The van der Waals surface area contributed by atoms with Crippen molar-refractivity contribution >= 4 is 23.4 Å². The number of hydrogen-bond acceptors (Lipinski definition) is 5. The van der Waals surface area contributed by atoms with E-state index in [9.17, 15) is 9.90 Å². The third-order valence-corrected chi connectivity index (χ3v) is 2.44. The lowest BCUT2D eigenvalue weighted by molar-refractivity contribution is 0.0506. The summed E-state index contributed by atoms with van der Waals surface area (Å²) in [7, 11) is 0. The number of nitrogens with one attached hydrogen (secondary N) is 1. The van der Waals surface area contributed by atoms with Gasteiger partial charge in [-0.25, -0.2) is 4.79 Å². The quantitative estimate of drug-likeness (QED) is 0.779. The fraction of sp³-hybridized carbons (Fsp3) is 0.500. The Morgan fingerprint density at radius 1 is 1.50 bits per heavy atom. The van der Waals surface area contributed by atoms with Gasteiger partial charge in [0.05, 0.1) is 6.61 Å². The zero-order valence-electron chi connectivity index (χ0n) is 10.5. The number of esters is 1. The van der Waals surface area contributed by atoms with Crippen LogP contribution in [0.1, 0.15) is 37.0 Å². The first-order valence-corrected chi connectivity index (χ1v) is 6.28. The molecule has 0 aliphatic carbocycles. The van der Waals surface area contributed by atoms with Gasteiger partial charge in [0.2, 0.25) is 5.88 Å². The van der Waals surface area contributed by atoms with Crippen LogP contribution in [0.25, 0.3) is 0 Å². The summed E-state index contributed by atoms with van der Waals surface area (Å²) in [6.07, 6.45) is 1.61. The van der Waals surface area contributed by atoms with Gasteiger partial charge in [0.25, 0.3) is 0 Å². The number of carbonyl (C=O) groups is 1. The third kappa shape index (κ3) is 3.77. The van der Waals surface area contributed by atoms with E-state index in [2.05, 4.69) is 10.3 Å². The third-order valence-electron chi connectivity index (χ3n) is 2.16. The van der Waals surface area contributed by atoms with Gasteiger partial charge in [0.1, 0.15) is 16.4 Å². The molecule has 0 aliphatic heterocycles. The summed E-state index contributed by atoms with van der Waals surface area (Å²) in [5, 5.41) is 12.4. The maximum Gasteiger partial charge on any atom is 0.341 e. The number of hydrogen-bond donors (Lipinski definition) is 2. The second-order valence-corrected chi connectivity index (χ2v) is 4.16. The van der Waals surface area contributed by atoms with Crippen LogP contribution in [0, 0.1) is 0 Å². The Labute approximate surface area is 111 Å². The van der Waals surface area contributed by atoms with Crippen LogP contribution < -0.4 is 5.32 Å². The summed E-state index contributed by atoms with van der Waals surface area (Å²) < 4.78 is 5.03. The van der Waals surface area contributed by atoms with Crippen molar-refractivity contribution in [2.24, 2.45) is 0 Å². The Balaban J connectivity index is 2.98. The molecule has 0 saturated heterocycles. The Kier molecular flexibility index (Phi) is 5.71. The van der Waals surface area contributed by atoms with E-state index in [-0.39, 0.29) is 16.5 Å². The molecule has 5 nitrogen and oxygen atoms in total. The minimum atomic E-state index is -0.496. The van der Waals surface area contributed by atoms with E-state index >= 15 is 0 Å². The summed E-state index contributed by atoms with van der Waals surface area (Å²) in [6, 6.07) is 1.36. The van der Waals surface area contributed by atoms with E-state index < -0.39 is 5.97 Å². The SMILES string of the molecule is CCCNc1nc(O)c(Cl)cc1C(=O)OCCC. The number of anilines is 1. The molecule has 18 heavy (non-hydrogen) atoms. The summed E-state index contributed by atoms with van der Waals surface area (Å²) in [6.45, 7) is 4.87. The minimum Gasteiger partial charge on any atom is -0.492 e. The highest BCUT2D eigenvalue weighted by Gasteiger charge is 2.17. The molecular weight excluding hydrogens is 256 g/mol. The van der Waals surface area contributed by atoms with E-state index in [0.717, 1.165) is 12.8 Å². The van der Waals surface area contributed by atoms with E-state index in [1.807, 2.05) is 13.8 Å². The van der Waals surface area contributed by atoms with Gasteiger partial charge in [-0.2, -0.15) is 4.98 Å². The molecule has 1 aromatic heterocycles. The number of halogens is 1. The zero-order chi connectivity index (χ0) is 13.5. The molecule has 1 rings (SSSR count). The van der Waals surface area contributed by atoms with Crippen molar-refractivity contribution in [1.29, 1.82) is 0 Å². The maximum absolute atomic E-state index is 11.8. The number of carbonyl (C=O) groups excluding carboxylic acids is 1. The molecule has 1 aromatic rings. The molecule has 0 aromatic carbocycles. The smallest absolute Gasteiger partial charge is 0.341 e. The number of aromatic nitrogens is 1. The van der Waals surface area contributed by atoms with Crippen molar-refractivity contribution < 1.29 is 14.6 Å². The highest BCUT2D eigenvalue weighted by Crippen LogP contribution is 2.27. The van der Waals surface area contributed by atoms with Crippen LogP contribution in [0.5, 0.6) is 5.88 Å². The number of pyridine rings is 1. The molecule has 0 bridgehead atoms. The summed E-state index contributed by atoms with van der Waals surface area (Å²) in [5.74, 6) is -0.507. The first-order valence-electron chi connectivity index (χ1n) is 5.90. The highest BCUT2D eigenvalue weighted by atomic mass is 35.5. The normalized spacial score (nSPS) is 10.2. The van der Waals surface area contributed by atoms with E-state index in [0.29, 0.717) is 19.0 Å². The minimum absolute atomic E-state index is 0.0282. The average Bonchev–Trinajstić information content (AvgIpc) is 2.36. The van der Waals surface area contributed by atoms with Gasteiger partial charge in [-0.15, -0.1) is 0 Å². The lowest BCUT2D eigenvalue weighted by atomic mass is 10.2. The maximum atomic E-state index is 11.8. The van der Waals surface area contributed by atoms with Crippen LogP contribution in [0.2, 0.25) is 5.02 Å². The fourth-order valence-electron chi connectivity index (χ4n) is 1.29. The molecule has 0 amide bonds.